The van der Waals surface area contributed by atoms with Gasteiger partial charge < -0.3 is 28.4 Å². The van der Waals surface area contributed by atoms with E-state index < -0.39 is 11.9 Å². The van der Waals surface area contributed by atoms with Crippen LogP contribution in [0.1, 0.15) is 163 Å². The zero-order chi connectivity index (χ0) is 35.9. The largest absolute Gasteiger partial charge is 0.490 e. The Morgan fingerprint density at radius 1 is 0.490 bits per heavy atom. The molecule has 0 bridgehead atoms. The first-order valence-electron chi connectivity index (χ1n) is 19.1. The molecule has 0 radical (unpaired) electrons. The van der Waals surface area contributed by atoms with Gasteiger partial charge in [-0.3, -0.25) is 0 Å². The van der Waals surface area contributed by atoms with Crippen molar-refractivity contribution in [1.82, 2.24) is 0 Å². The Balaban J connectivity index is 2.58. The number of unbranched alkanes of at least 4 members (excludes halogenated alkanes) is 9. The Bertz CT molecular complexity index is 1180. The van der Waals surface area contributed by atoms with Gasteiger partial charge in [0.15, 0.2) is 11.5 Å². The minimum absolute atomic E-state index is 0.170. The molecule has 0 N–H and O–H groups in total. The van der Waals surface area contributed by atoms with E-state index in [1.54, 1.807) is 19.9 Å². The van der Waals surface area contributed by atoms with Gasteiger partial charge in [0.2, 0.25) is 5.75 Å². The zero-order valence-electron chi connectivity index (χ0n) is 31.6. The Morgan fingerprint density at radius 3 is 1.31 bits per heavy atom. The molecule has 0 fully saturated rings. The zero-order valence-corrected chi connectivity index (χ0v) is 31.6. The van der Waals surface area contributed by atoms with Crippen molar-refractivity contribution in [3.63, 3.8) is 0 Å². The van der Waals surface area contributed by atoms with E-state index in [1.165, 1.54) is 19.3 Å². The second kappa shape index (κ2) is 24.7. The molecule has 0 amide bonds. The summed E-state index contributed by atoms with van der Waals surface area (Å²) in [4.78, 5) is 26.2. The molecule has 2 aromatic carbocycles. The average Bonchev–Trinajstić information content (AvgIpc) is 3.10. The Kier molecular flexibility index (Phi) is 21.0. The summed E-state index contributed by atoms with van der Waals surface area (Å²) in [6, 6.07) is 5.55. The quantitative estimate of drug-likeness (QED) is 0.0678. The minimum atomic E-state index is -0.490. The fraction of sp³-hybridized carbons (Fsp3) is 0.659. The summed E-state index contributed by atoms with van der Waals surface area (Å²) in [5, 5.41) is 0. The van der Waals surface area contributed by atoms with Crippen molar-refractivity contribution in [1.29, 1.82) is 0 Å². The highest BCUT2D eigenvalue weighted by molar-refractivity contribution is 5.99. The lowest BCUT2D eigenvalue weighted by Gasteiger charge is -2.22. The molecule has 0 spiro atoms. The summed E-state index contributed by atoms with van der Waals surface area (Å²) in [5.41, 5.74) is 2.89. The van der Waals surface area contributed by atoms with Crippen molar-refractivity contribution in [3.05, 3.63) is 46.0 Å². The van der Waals surface area contributed by atoms with E-state index >= 15 is 0 Å². The number of carbonyl (C=O) groups is 2. The molecule has 8 nitrogen and oxygen atoms in total. The summed E-state index contributed by atoms with van der Waals surface area (Å²) in [6.07, 6.45) is 14.2. The van der Waals surface area contributed by atoms with Crippen LogP contribution in [0, 0.1) is 0 Å². The molecule has 0 aliphatic carbocycles. The van der Waals surface area contributed by atoms with E-state index in [4.69, 9.17) is 28.4 Å². The number of benzene rings is 2. The maximum Gasteiger partial charge on any atom is 0.338 e. The highest BCUT2D eigenvalue weighted by Gasteiger charge is 2.26. The summed E-state index contributed by atoms with van der Waals surface area (Å²) < 4.78 is 36.6. The second-order valence-electron chi connectivity index (χ2n) is 12.3. The molecule has 276 valence electrons. The highest BCUT2D eigenvalue weighted by atomic mass is 16.5. The number of ether oxygens (including phenoxy) is 6. The van der Waals surface area contributed by atoms with E-state index in [-0.39, 0.29) is 19.8 Å². The molecule has 0 atom stereocenters. The van der Waals surface area contributed by atoms with Gasteiger partial charge in [-0.1, -0.05) is 92.4 Å². The van der Waals surface area contributed by atoms with Gasteiger partial charge in [-0.15, -0.1) is 0 Å². The lowest BCUT2D eigenvalue weighted by Crippen LogP contribution is -2.16. The Hall–Kier alpha value is -3.42. The van der Waals surface area contributed by atoms with Gasteiger partial charge in [-0.2, -0.15) is 0 Å². The minimum Gasteiger partial charge on any atom is -0.490 e. The first kappa shape index (κ1) is 41.7. The lowest BCUT2D eigenvalue weighted by atomic mass is 9.93. The maximum atomic E-state index is 13.1. The molecule has 0 saturated heterocycles. The monoisotopic (exact) mass is 684 g/mol. The third kappa shape index (κ3) is 13.8. The summed E-state index contributed by atoms with van der Waals surface area (Å²) >= 11 is 0. The van der Waals surface area contributed by atoms with Crippen molar-refractivity contribution < 1.29 is 38.0 Å². The van der Waals surface area contributed by atoms with E-state index in [1.807, 2.05) is 26.0 Å². The topological polar surface area (TPSA) is 89.5 Å². The van der Waals surface area contributed by atoms with Gasteiger partial charge in [0, 0.05) is 11.1 Å². The van der Waals surface area contributed by atoms with Gasteiger partial charge in [0.25, 0.3) is 0 Å². The normalized spacial score (nSPS) is 10.9. The van der Waals surface area contributed by atoms with Crippen LogP contribution in [0.25, 0.3) is 0 Å². The third-order valence-corrected chi connectivity index (χ3v) is 8.40. The van der Waals surface area contributed by atoms with Crippen molar-refractivity contribution in [2.45, 2.75) is 145 Å². The summed E-state index contributed by atoms with van der Waals surface area (Å²) in [6.45, 7) is 16.4. The number of hydrogen-bond donors (Lipinski definition) is 0. The molecule has 0 aliphatic heterocycles. The predicted octanol–water partition coefficient (Wildman–Crippen LogP) is 10.6. The van der Waals surface area contributed by atoms with Gasteiger partial charge in [0.05, 0.1) is 44.2 Å². The van der Waals surface area contributed by atoms with Crippen LogP contribution >= 0.6 is 0 Å². The predicted molar refractivity (Wildman–Crippen MR) is 197 cm³/mol. The molecule has 0 heterocycles. The summed E-state index contributed by atoms with van der Waals surface area (Å²) in [7, 11) is 0. The lowest BCUT2D eigenvalue weighted by molar-refractivity contribution is 0.0522. The summed E-state index contributed by atoms with van der Waals surface area (Å²) in [5.74, 6) is 1.47. The molecule has 0 aromatic heterocycles. The van der Waals surface area contributed by atoms with Gasteiger partial charge in [0.1, 0.15) is 12.4 Å². The molecule has 49 heavy (non-hydrogen) atoms. The van der Waals surface area contributed by atoms with Crippen LogP contribution in [-0.2, 0) is 28.9 Å². The van der Waals surface area contributed by atoms with Crippen LogP contribution in [0.5, 0.6) is 23.0 Å². The number of rotatable bonds is 27. The first-order chi connectivity index (χ1) is 23.9. The Morgan fingerprint density at radius 2 is 0.918 bits per heavy atom. The number of esters is 2. The van der Waals surface area contributed by atoms with Crippen molar-refractivity contribution in [2.24, 2.45) is 0 Å². The van der Waals surface area contributed by atoms with Crippen LogP contribution in [0.15, 0.2) is 18.2 Å². The van der Waals surface area contributed by atoms with E-state index in [0.717, 1.165) is 63.4 Å². The van der Waals surface area contributed by atoms with Crippen LogP contribution in [0.2, 0.25) is 0 Å². The van der Waals surface area contributed by atoms with Crippen LogP contribution in [0.3, 0.4) is 0 Å². The van der Waals surface area contributed by atoms with Gasteiger partial charge in [-0.05, 0) is 69.7 Å². The fourth-order valence-electron chi connectivity index (χ4n) is 5.75. The van der Waals surface area contributed by atoms with E-state index in [0.29, 0.717) is 77.9 Å². The molecule has 8 heteroatoms. The second-order valence-corrected chi connectivity index (χ2v) is 12.3. The molecule has 2 rings (SSSR count). The van der Waals surface area contributed by atoms with Crippen molar-refractivity contribution in [2.75, 3.05) is 33.0 Å². The Labute approximate surface area is 296 Å². The van der Waals surface area contributed by atoms with Crippen molar-refractivity contribution in [3.8, 4) is 23.0 Å². The third-order valence-electron chi connectivity index (χ3n) is 8.40. The van der Waals surface area contributed by atoms with Crippen LogP contribution < -0.4 is 18.9 Å². The fourth-order valence-corrected chi connectivity index (χ4v) is 5.75. The molecular formula is C41H64O8. The smallest absolute Gasteiger partial charge is 0.338 e. The molecular weight excluding hydrogens is 620 g/mol. The number of hydrogen-bond acceptors (Lipinski definition) is 8. The molecule has 0 aliphatic rings. The van der Waals surface area contributed by atoms with Crippen molar-refractivity contribution >= 4 is 11.9 Å². The van der Waals surface area contributed by atoms with E-state index in [2.05, 4.69) is 20.8 Å². The average molecular weight is 685 g/mol. The SMILES string of the molecule is CCCCCCOc1cc(COc2c(CC)c(C(=O)OCC)cc(C(=O)OCC)c2CC)cc(OCCCCCC)c1OCCCCCC. The molecule has 2 aromatic rings. The molecule has 0 saturated carbocycles. The van der Waals surface area contributed by atoms with Gasteiger partial charge in [-0.25, -0.2) is 9.59 Å². The van der Waals surface area contributed by atoms with Gasteiger partial charge >= 0.3 is 11.9 Å². The molecule has 0 unspecified atom stereocenters. The highest BCUT2D eigenvalue weighted by Crippen LogP contribution is 2.41. The number of carbonyl (C=O) groups excluding carboxylic acids is 2. The van der Waals surface area contributed by atoms with Crippen LogP contribution in [0.4, 0.5) is 0 Å². The maximum absolute atomic E-state index is 13.1. The first-order valence-corrected chi connectivity index (χ1v) is 19.1. The standard InChI is InChI=1S/C41H64O8/c1-8-15-18-21-24-46-36-27-31(28-37(47-25-22-19-16-9-2)39(36)48-26-23-20-17-10-3)30-49-38-32(11-4)34(40(42)44-13-6)29-35(33(38)12-5)41(43)45-14-7/h27-29H,8-26,30H2,1-7H3. The van der Waals surface area contributed by atoms with Crippen LogP contribution in [-0.4, -0.2) is 45.0 Å². The van der Waals surface area contributed by atoms with E-state index in [9.17, 15) is 9.59 Å².